The van der Waals surface area contributed by atoms with Gasteiger partial charge in [-0.3, -0.25) is 44.1 Å². The number of nitrogens with one attached hydrogen (secondary N) is 2. The van der Waals surface area contributed by atoms with E-state index in [2.05, 4.69) is 64.1 Å². The molecule has 2 aromatic carbocycles. The van der Waals surface area contributed by atoms with Gasteiger partial charge in [0.1, 0.15) is 29.8 Å². The predicted molar refractivity (Wildman–Crippen MR) is 231 cm³/mol. The van der Waals surface area contributed by atoms with Crippen molar-refractivity contribution in [1.82, 2.24) is 30.4 Å². The molecule has 4 aromatic rings. The van der Waals surface area contributed by atoms with Crippen LogP contribution < -0.4 is 25.2 Å². The maximum atomic E-state index is 13.6. The first-order valence-electron chi connectivity index (χ1n) is 21.5. The SMILES string of the molecule is CC1(C)[C@H](NC(=O)c2ccc(N3CCC(CN4CCN(c5ccc6c(c5)C(=O)N(C5CCC(=O)NC5=O)C6=O)CC4)CC3)nc2)C(C)(C)[C@H]1Oc1ccc(C#N)c2ncccc12. The fourth-order valence-corrected chi connectivity index (χ4v) is 10.7. The number of nitriles is 1. The molecule has 1 aliphatic carbocycles. The second-order valence-electron chi connectivity index (χ2n) is 18.5. The number of hydrogen-bond acceptors (Lipinski definition) is 12. The number of rotatable bonds is 9. The molecule has 4 fully saturated rings. The molecule has 2 aromatic heterocycles. The van der Waals surface area contributed by atoms with Crippen molar-refractivity contribution in [1.29, 1.82) is 5.26 Å². The number of carbonyl (C=O) groups is 5. The van der Waals surface area contributed by atoms with E-state index in [1.165, 1.54) is 0 Å². The van der Waals surface area contributed by atoms with Gasteiger partial charge in [0.15, 0.2) is 0 Å². The summed E-state index contributed by atoms with van der Waals surface area (Å²) in [5.74, 6) is -0.0709. The Morgan fingerprint density at radius 2 is 1.61 bits per heavy atom. The highest BCUT2D eigenvalue weighted by Gasteiger charge is 2.64. The number of carbonyl (C=O) groups excluding carboxylic acids is 5. The highest BCUT2D eigenvalue weighted by molar-refractivity contribution is 6.23. The molecule has 15 heteroatoms. The molecule has 62 heavy (non-hydrogen) atoms. The van der Waals surface area contributed by atoms with Crippen molar-refractivity contribution >= 4 is 51.9 Å². The number of anilines is 2. The molecule has 0 radical (unpaired) electrons. The number of nitrogens with zero attached hydrogens (tertiary/aromatic N) is 7. The van der Waals surface area contributed by atoms with E-state index in [4.69, 9.17) is 9.72 Å². The van der Waals surface area contributed by atoms with Crippen molar-refractivity contribution in [3.8, 4) is 11.8 Å². The van der Waals surface area contributed by atoms with Gasteiger partial charge >= 0.3 is 0 Å². The second kappa shape index (κ2) is 15.8. The van der Waals surface area contributed by atoms with Crippen molar-refractivity contribution in [3.05, 3.63) is 89.2 Å². The monoisotopic (exact) mass is 837 g/mol. The van der Waals surface area contributed by atoms with E-state index in [0.717, 1.165) is 80.4 Å². The minimum atomic E-state index is -0.979. The molecule has 320 valence electrons. The standard InChI is InChI=1S/C47H51N9O6/c1-46(2)44(47(3,4)45(46)62-36-12-7-29(25-48)39-33(36)6-5-17-49-39)52-40(58)30-8-13-37(50-26-30)55-18-15-28(16-19-55)27-53-20-22-54(23-21-53)31-9-10-32-34(24-31)43(61)56(42(32)60)35-11-14-38(57)51-41(35)59/h5-10,12-13,17,24,26,28,35,44-45H,11,14-16,18-23,27H2,1-4H3,(H,52,58)(H,51,57,59)/t35?,44-,45-. The Morgan fingerprint density at radius 3 is 2.31 bits per heavy atom. The maximum absolute atomic E-state index is 13.6. The van der Waals surface area contributed by atoms with Crippen molar-refractivity contribution < 1.29 is 28.7 Å². The number of imide groups is 2. The summed E-state index contributed by atoms with van der Waals surface area (Å²) in [6.07, 6.45) is 5.44. The largest absolute Gasteiger partial charge is 0.488 e. The van der Waals surface area contributed by atoms with Crippen LogP contribution >= 0.6 is 0 Å². The first-order chi connectivity index (χ1) is 29.7. The molecular weight excluding hydrogens is 787 g/mol. The van der Waals surface area contributed by atoms with Gasteiger partial charge < -0.3 is 19.9 Å². The van der Waals surface area contributed by atoms with Crippen molar-refractivity contribution in [2.45, 2.75) is 71.6 Å². The third-order valence-electron chi connectivity index (χ3n) is 13.8. The van der Waals surface area contributed by atoms with Crippen LogP contribution in [0.1, 0.15) is 90.0 Å². The summed E-state index contributed by atoms with van der Waals surface area (Å²) in [7, 11) is 0. The van der Waals surface area contributed by atoms with E-state index < -0.39 is 29.7 Å². The summed E-state index contributed by atoms with van der Waals surface area (Å²) in [5, 5.41) is 15.9. The second-order valence-corrected chi connectivity index (χ2v) is 18.5. The van der Waals surface area contributed by atoms with Crippen LogP contribution in [-0.2, 0) is 9.59 Å². The third-order valence-corrected chi connectivity index (χ3v) is 13.8. The summed E-state index contributed by atoms with van der Waals surface area (Å²) >= 11 is 0. The first-order valence-corrected chi connectivity index (χ1v) is 21.5. The van der Waals surface area contributed by atoms with E-state index in [-0.39, 0.29) is 47.3 Å². The van der Waals surface area contributed by atoms with Crippen molar-refractivity contribution in [3.63, 3.8) is 0 Å². The Morgan fingerprint density at radius 1 is 0.871 bits per heavy atom. The Labute approximate surface area is 360 Å². The summed E-state index contributed by atoms with van der Waals surface area (Å²) in [4.78, 5) is 81.4. The topological polar surface area (TPSA) is 181 Å². The summed E-state index contributed by atoms with van der Waals surface area (Å²) in [6, 6.07) is 17.5. The molecule has 2 N–H and O–H groups in total. The molecule has 1 atom stereocenters. The lowest BCUT2D eigenvalue weighted by atomic mass is 9.49. The molecule has 0 bridgehead atoms. The lowest BCUT2D eigenvalue weighted by Crippen LogP contribution is -2.74. The van der Waals surface area contributed by atoms with Crippen LogP contribution in [0.25, 0.3) is 10.9 Å². The van der Waals surface area contributed by atoms with Gasteiger partial charge in [0.2, 0.25) is 11.8 Å². The van der Waals surface area contributed by atoms with Gasteiger partial charge in [-0.05, 0) is 79.8 Å². The van der Waals surface area contributed by atoms with Gasteiger partial charge in [-0.1, -0.05) is 27.7 Å². The Kier molecular flexibility index (Phi) is 10.5. The number of piperidine rings is 2. The molecule has 9 rings (SSSR count). The Balaban J connectivity index is 0.740. The predicted octanol–water partition coefficient (Wildman–Crippen LogP) is 4.55. The van der Waals surface area contributed by atoms with Gasteiger partial charge in [-0.15, -0.1) is 0 Å². The number of pyridine rings is 2. The van der Waals surface area contributed by atoms with Crippen LogP contribution in [0.5, 0.6) is 5.75 Å². The maximum Gasteiger partial charge on any atom is 0.262 e. The molecular formula is C47H51N9O6. The number of benzene rings is 2. The summed E-state index contributed by atoms with van der Waals surface area (Å²) < 4.78 is 6.65. The molecule has 6 heterocycles. The van der Waals surface area contributed by atoms with Crippen molar-refractivity contribution in [2.75, 3.05) is 55.6 Å². The summed E-state index contributed by atoms with van der Waals surface area (Å²) in [5.41, 5.74) is 2.32. The van der Waals surface area contributed by atoms with Crippen LogP contribution in [0, 0.1) is 28.1 Å². The van der Waals surface area contributed by atoms with Crippen LogP contribution in [0.15, 0.2) is 67.0 Å². The number of piperazine rings is 1. The number of aromatic nitrogens is 2. The average Bonchev–Trinajstić information content (AvgIpc) is 3.52. The first kappa shape index (κ1) is 41.0. The molecule has 4 aliphatic heterocycles. The number of hydrogen-bond donors (Lipinski definition) is 2. The zero-order valence-corrected chi connectivity index (χ0v) is 35.5. The van der Waals surface area contributed by atoms with Crippen LogP contribution in [0.2, 0.25) is 0 Å². The minimum Gasteiger partial charge on any atom is -0.488 e. The highest BCUT2D eigenvalue weighted by atomic mass is 16.5. The van der Waals surface area contributed by atoms with Gasteiger partial charge in [0, 0.05) is 92.6 Å². The molecule has 1 unspecified atom stereocenters. The summed E-state index contributed by atoms with van der Waals surface area (Å²) in [6.45, 7) is 14.5. The van der Waals surface area contributed by atoms with E-state index in [1.807, 2.05) is 36.4 Å². The van der Waals surface area contributed by atoms with E-state index in [0.29, 0.717) is 33.9 Å². The number of ether oxygens (including phenoxy) is 1. The van der Waals surface area contributed by atoms with Crippen LogP contribution in [0.4, 0.5) is 11.5 Å². The van der Waals surface area contributed by atoms with Gasteiger partial charge in [0.25, 0.3) is 17.7 Å². The van der Waals surface area contributed by atoms with E-state index >= 15 is 0 Å². The zero-order valence-electron chi connectivity index (χ0n) is 35.5. The fourth-order valence-electron chi connectivity index (χ4n) is 10.7. The molecule has 0 spiro atoms. The lowest BCUT2D eigenvalue weighted by molar-refractivity contribution is -0.163. The van der Waals surface area contributed by atoms with Gasteiger partial charge in [-0.2, -0.15) is 5.26 Å². The average molecular weight is 838 g/mol. The van der Waals surface area contributed by atoms with Crippen LogP contribution in [-0.4, -0.2) is 113 Å². The number of amides is 5. The van der Waals surface area contributed by atoms with Gasteiger partial charge in [-0.25, -0.2) is 4.98 Å². The third kappa shape index (κ3) is 7.19. The number of fused-ring (bicyclic) bond motifs is 2. The van der Waals surface area contributed by atoms with E-state index in [1.54, 1.807) is 30.6 Å². The van der Waals surface area contributed by atoms with E-state index in [9.17, 15) is 29.2 Å². The molecule has 15 nitrogen and oxygen atoms in total. The smallest absolute Gasteiger partial charge is 0.262 e. The highest BCUT2D eigenvalue weighted by Crippen LogP contribution is 2.56. The molecule has 1 saturated carbocycles. The van der Waals surface area contributed by atoms with Crippen LogP contribution in [0.3, 0.4) is 0 Å². The molecule has 3 saturated heterocycles. The normalized spacial score (nSPS) is 23.7. The Hall–Kier alpha value is -6.40. The zero-order chi connectivity index (χ0) is 43.5. The molecule has 5 amide bonds. The van der Waals surface area contributed by atoms with Gasteiger partial charge in [0.05, 0.1) is 27.8 Å². The minimum absolute atomic E-state index is 0.0874. The Bertz CT molecular complexity index is 2500. The molecule has 5 aliphatic rings. The quantitative estimate of drug-likeness (QED) is 0.225. The van der Waals surface area contributed by atoms with Crippen molar-refractivity contribution in [2.24, 2.45) is 16.7 Å². The lowest BCUT2D eigenvalue weighted by Gasteiger charge is -2.63. The fraction of sp³-hybridized carbons (Fsp3) is 0.447.